The van der Waals surface area contributed by atoms with Crippen molar-refractivity contribution < 1.29 is 0 Å². The Bertz CT molecular complexity index is 322. The molecule has 0 saturated heterocycles. The van der Waals surface area contributed by atoms with E-state index in [1.165, 1.54) is 0 Å². The van der Waals surface area contributed by atoms with Gasteiger partial charge in [-0.1, -0.05) is 0 Å². The number of aromatic nitrogens is 3. The Kier molecular flexibility index (Phi) is 3.21. The van der Waals surface area contributed by atoms with Crippen molar-refractivity contribution in [3.63, 3.8) is 0 Å². The first-order valence-electron chi connectivity index (χ1n) is 3.13. The van der Waals surface area contributed by atoms with E-state index < -0.39 is 0 Å². The van der Waals surface area contributed by atoms with Gasteiger partial charge in [0.2, 0.25) is 0 Å². The summed E-state index contributed by atoms with van der Waals surface area (Å²) in [6.07, 6.45) is 1.74. The van der Waals surface area contributed by atoms with E-state index in [0.717, 1.165) is 17.0 Å². The summed E-state index contributed by atoms with van der Waals surface area (Å²) in [5.41, 5.74) is 1.79. The summed E-state index contributed by atoms with van der Waals surface area (Å²) in [7, 11) is 0. The first-order chi connectivity index (χ1) is 4.86. The van der Waals surface area contributed by atoms with E-state index in [9.17, 15) is 0 Å². The fraction of sp³-hybridized carbons (Fsp3) is 0.143. The molecular weight excluding hydrogens is 165 g/mol. The predicted octanol–water partition coefficient (Wildman–Crippen LogP) is 0.886. The number of aromatic amines is 1. The third kappa shape index (κ3) is 1.89. The van der Waals surface area contributed by atoms with Gasteiger partial charge in [0.05, 0.1) is 5.52 Å². The molecule has 0 aliphatic carbocycles. The van der Waals surface area contributed by atoms with Crippen LogP contribution in [-0.2, 0) is 0 Å². The summed E-state index contributed by atoms with van der Waals surface area (Å²) >= 11 is 0. The summed E-state index contributed by atoms with van der Waals surface area (Å²) in [4.78, 5) is 11.3. The number of rotatable bonds is 0. The number of nitrogens with zero attached hydrogens (tertiary/aromatic N) is 2. The summed E-state index contributed by atoms with van der Waals surface area (Å²) < 4.78 is 0. The molecule has 0 bridgehead atoms. The van der Waals surface area contributed by atoms with Crippen molar-refractivity contribution in [1.82, 2.24) is 15.0 Å². The zero-order valence-corrected chi connectivity index (χ0v) is 9.75. The largest absolute Gasteiger partial charge is 0.341 e. The van der Waals surface area contributed by atoms with Gasteiger partial charge in [0.25, 0.3) is 0 Å². The molecule has 51 valence electrons. The molecule has 2 aromatic rings. The molecule has 0 spiro atoms. The van der Waals surface area contributed by atoms with Crippen LogP contribution in [0.5, 0.6) is 0 Å². The van der Waals surface area contributed by atoms with Gasteiger partial charge in [-0.3, -0.25) is 0 Å². The first-order valence-corrected chi connectivity index (χ1v) is 3.13. The van der Waals surface area contributed by atoms with E-state index in [1.807, 2.05) is 19.1 Å². The number of imidazole rings is 1. The number of hydrogen-bond donors (Lipinski definition) is 1. The number of aryl methyl sites for hydroxylation is 1. The number of pyridine rings is 1. The Morgan fingerprint density at radius 1 is 1.45 bits per heavy atom. The third-order valence-corrected chi connectivity index (χ3v) is 1.38. The minimum atomic E-state index is 0. The maximum atomic E-state index is 4.15. The molecular formula is C7H7KN3. The molecule has 1 radical (unpaired) electrons. The zero-order valence-electron chi connectivity index (χ0n) is 6.63. The van der Waals surface area contributed by atoms with Crippen LogP contribution in [0.3, 0.4) is 0 Å². The Balaban J connectivity index is 0.000000605. The van der Waals surface area contributed by atoms with Crippen molar-refractivity contribution in [1.29, 1.82) is 0 Å². The van der Waals surface area contributed by atoms with Crippen molar-refractivity contribution in [2.45, 2.75) is 6.92 Å². The molecule has 0 amide bonds. The van der Waals surface area contributed by atoms with Gasteiger partial charge in [0.1, 0.15) is 5.82 Å². The quantitative estimate of drug-likeness (QED) is 0.599. The molecule has 2 rings (SSSR count). The van der Waals surface area contributed by atoms with Crippen molar-refractivity contribution in [2.75, 3.05) is 0 Å². The Hall–Kier alpha value is 0.256. The molecule has 4 heteroatoms. The summed E-state index contributed by atoms with van der Waals surface area (Å²) in [5.74, 6) is 0.911. The molecule has 0 aromatic carbocycles. The average molecular weight is 172 g/mol. The van der Waals surface area contributed by atoms with Gasteiger partial charge in [-0.25, -0.2) is 9.97 Å². The molecule has 0 saturated carbocycles. The van der Waals surface area contributed by atoms with Gasteiger partial charge < -0.3 is 4.98 Å². The molecule has 2 heterocycles. The topological polar surface area (TPSA) is 41.6 Å². The van der Waals surface area contributed by atoms with E-state index in [1.54, 1.807) is 6.20 Å². The predicted molar refractivity (Wildman–Crippen MR) is 44.4 cm³/mol. The molecule has 11 heavy (non-hydrogen) atoms. The molecule has 0 aliphatic rings. The fourth-order valence-electron chi connectivity index (χ4n) is 0.965. The molecule has 2 aromatic heterocycles. The summed E-state index contributed by atoms with van der Waals surface area (Å²) in [6, 6.07) is 3.85. The van der Waals surface area contributed by atoms with Crippen LogP contribution < -0.4 is 0 Å². The Morgan fingerprint density at radius 3 is 3.00 bits per heavy atom. The number of hydrogen-bond acceptors (Lipinski definition) is 2. The molecule has 3 nitrogen and oxygen atoms in total. The van der Waals surface area contributed by atoms with E-state index in [0.29, 0.717) is 0 Å². The van der Waals surface area contributed by atoms with Crippen LogP contribution >= 0.6 is 0 Å². The van der Waals surface area contributed by atoms with Crippen LogP contribution in [0.2, 0.25) is 0 Å². The maximum absolute atomic E-state index is 4.15. The minimum Gasteiger partial charge on any atom is -0.341 e. The van der Waals surface area contributed by atoms with Crippen molar-refractivity contribution in [3.8, 4) is 0 Å². The van der Waals surface area contributed by atoms with Crippen molar-refractivity contribution in [3.05, 3.63) is 24.2 Å². The van der Waals surface area contributed by atoms with Gasteiger partial charge in [-0.15, -0.1) is 0 Å². The van der Waals surface area contributed by atoms with E-state index in [4.69, 9.17) is 0 Å². The first kappa shape index (κ1) is 9.35. The van der Waals surface area contributed by atoms with Gasteiger partial charge in [-0.2, -0.15) is 0 Å². The van der Waals surface area contributed by atoms with E-state index in [2.05, 4.69) is 15.0 Å². The number of nitrogens with one attached hydrogen (secondary N) is 1. The van der Waals surface area contributed by atoms with Crippen molar-refractivity contribution in [2.24, 2.45) is 0 Å². The average Bonchev–Trinajstić information content (AvgIpc) is 2.27. The molecule has 0 aliphatic heterocycles. The van der Waals surface area contributed by atoms with E-state index in [-0.39, 0.29) is 51.4 Å². The van der Waals surface area contributed by atoms with Crippen LogP contribution in [0.1, 0.15) is 5.82 Å². The van der Waals surface area contributed by atoms with E-state index >= 15 is 0 Å². The molecule has 0 fully saturated rings. The van der Waals surface area contributed by atoms with Crippen molar-refractivity contribution >= 4 is 62.5 Å². The monoisotopic (exact) mass is 172 g/mol. The van der Waals surface area contributed by atoms with Crippen LogP contribution in [0.15, 0.2) is 18.3 Å². The second-order valence-corrected chi connectivity index (χ2v) is 2.20. The molecule has 0 atom stereocenters. The van der Waals surface area contributed by atoms with Gasteiger partial charge >= 0.3 is 0 Å². The minimum absolute atomic E-state index is 0. The fourth-order valence-corrected chi connectivity index (χ4v) is 0.965. The SMILES string of the molecule is Cc1nc2ncccc2[nH]1.[K]. The Morgan fingerprint density at radius 2 is 2.27 bits per heavy atom. The standard InChI is InChI=1S/C7H7N3.K/c1-5-9-6-3-2-4-8-7(6)10-5;/h2-4H,1H3,(H,8,9,10);. The van der Waals surface area contributed by atoms with Gasteiger partial charge in [0.15, 0.2) is 5.65 Å². The number of fused-ring (bicyclic) bond motifs is 1. The molecule has 0 unspecified atom stereocenters. The third-order valence-electron chi connectivity index (χ3n) is 1.38. The zero-order chi connectivity index (χ0) is 6.97. The molecule has 1 N–H and O–H groups in total. The van der Waals surface area contributed by atoms with Crippen LogP contribution in [0, 0.1) is 6.92 Å². The second-order valence-electron chi connectivity index (χ2n) is 2.20. The van der Waals surface area contributed by atoms with Gasteiger partial charge in [-0.05, 0) is 19.1 Å². The normalized spacial score (nSPS) is 9.55. The van der Waals surface area contributed by atoms with Crippen LogP contribution in [0.4, 0.5) is 0 Å². The maximum Gasteiger partial charge on any atom is 0.177 e. The second kappa shape index (κ2) is 3.78. The summed E-state index contributed by atoms with van der Waals surface area (Å²) in [6.45, 7) is 1.92. The van der Waals surface area contributed by atoms with Gasteiger partial charge in [0, 0.05) is 57.6 Å². The van der Waals surface area contributed by atoms with Crippen LogP contribution in [0.25, 0.3) is 11.2 Å². The number of H-pyrrole nitrogens is 1. The van der Waals surface area contributed by atoms with Crippen LogP contribution in [-0.4, -0.2) is 66.3 Å². The smallest absolute Gasteiger partial charge is 0.177 e. The Labute approximate surface area is 107 Å². The summed E-state index contributed by atoms with van der Waals surface area (Å²) in [5, 5.41) is 0.